The molecular formula is C33H58N7O17P3S. The van der Waals surface area contributed by atoms with Crippen molar-refractivity contribution in [3.8, 4) is 0 Å². The molecule has 0 bridgehead atoms. The zero-order valence-corrected chi connectivity index (χ0v) is 37.8. The van der Waals surface area contributed by atoms with Gasteiger partial charge in [0, 0.05) is 37.1 Å². The fraction of sp³-hybridized carbons (Fsp3) is 0.758. The van der Waals surface area contributed by atoms with E-state index in [1.54, 1.807) is 0 Å². The number of carbonyl (C=O) groups is 3. The van der Waals surface area contributed by atoms with E-state index in [-0.39, 0.29) is 41.6 Å². The van der Waals surface area contributed by atoms with Crippen molar-refractivity contribution in [2.45, 2.75) is 116 Å². The smallest absolute Gasteiger partial charge is 0.386 e. The van der Waals surface area contributed by atoms with Gasteiger partial charge in [0.15, 0.2) is 22.8 Å². The molecule has 2 aromatic heterocycles. The predicted octanol–water partition coefficient (Wildman–Crippen LogP) is 2.44. The Morgan fingerprint density at radius 3 is 2.36 bits per heavy atom. The zero-order valence-electron chi connectivity index (χ0n) is 34.3. The number of unbranched alkanes of at least 4 members (excludes halogenated alkanes) is 3. The number of nitrogen functional groups attached to an aromatic ring is 1. The highest BCUT2D eigenvalue weighted by molar-refractivity contribution is 8.13. The van der Waals surface area contributed by atoms with E-state index in [1.165, 1.54) is 39.5 Å². The van der Waals surface area contributed by atoms with E-state index in [1.807, 2.05) is 0 Å². The van der Waals surface area contributed by atoms with E-state index in [9.17, 15) is 57.9 Å². The SMILES string of the molecule is CCCC(C)CCCCCCC(=O)SCCNC(=O)CCNC(=O)C(O)C(C)(C)COP(=O)(O)OP(=O)(O)OCC1OC(n2cnc3c(N)ncnc32)C(O)C1OP(=O)(O)O. The number of hydrogen-bond acceptors (Lipinski definition) is 18. The molecule has 0 aromatic carbocycles. The van der Waals surface area contributed by atoms with Crippen molar-refractivity contribution in [2.75, 3.05) is 37.8 Å². The van der Waals surface area contributed by atoms with Gasteiger partial charge in [-0.05, 0) is 12.3 Å². The molecule has 8 atom stereocenters. The summed E-state index contributed by atoms with van der Waals surface area (Å²) in [7, 11) is -16.4. The number of rotatable bonds is 28. The summed E-state index contributed by atoms with van der Waals surface area (Å²) in [6.07, 6.45) is 1.34. The molecule has 24 nitrogen and oxygen atoms in total. The molecule has 1 aliphatic rings. The number of anilines is 1. The minimum absolute atomic E-state index is 0.0329. The van der Waals surface area contributed by atoms with Crippen molar-refractivity contribution >= 4 is 69.1 Å². The van der Waals surface area contributed by atoms with Crippen LogP contribution in [0, 0.1) is 11.3 Å². The summed E-state index contributed by atoms with van der Waals surface area (Å²) in [6, 6.07) is 0. The zero-order chi connectivity index (χ0) is 45.6. The monoisotopic (exact) mass is 949 g/mol. The third-order valence-electron chi connectivity index (χ3n) is 9.37. The summed E-state index contributed by atoms with van der Waals surface area (Å²) in [5.74, 6) is -0.296. The Morgan fingerprint density at radius 2 is 1.67 bits per heavy atom. The second-order valence-electron chi connectivity index (χ2n) is 15.1. The molecule has 1 fully saturated rings. The van der Waals surface area contributed by atoms with Gasteiger partial charge in [-0.15, -0.1) is 0 Å². The quantitative estimate of drug-likeness (QED) is 0.0437. The average Bonchev–Trinajstić information content (AvgIpc) is 3.72. The van der Waals surface area contributed by atoms with E-state index >= 15 is 0 Å². The van der Waals surface area contributed by atoms with Gasteiger partial charge in [-0.2, -0.15) is 4.31 Å². The number of nitrogens with two attached hydrogens (primary N) is 1. The lowest BCUT2D eigenvalue weighted by atomic mass is 9.87. The number of phosphoric ester groups is 3. The number of aliphatic hydroxyl groups excluding tert-OH is 2. The molecule has 0 aliphatic carbocycles. The lowest BCUT2D eigenvalue weighted by Gasteiger charge is -2.30. The summed E-state index contributed by atoms with van der Waals surface area (Å²) >= 11 is 1.15. The topological polar surface area (TPSA) is 364 Å². The minimum Gasteiger partial charge on any atom is -0.386 e. The van der Waals surface area contributed by atoms with Gasteiger partial charge in [-0.3, -0.25) is 32.5 Å². The molecule has 0 spiro atoms. The first-order valence-electron chi connectivity index (χ1n) is 19.5. The third-order valence-corrected chi connectivity index (χ3v) is 13.4. The Hall–Kier alpha value is -2.44. The first kappa shape index (κ1) is 52.9. The molecule has 28 heteroatoms. The Labute approximate surface area is 356 Å². The number of amides is 2. The van der Waals surface area contributed by atoms with Crippen molar-refractivity contribution in [2.24, 2.45) is 11.3 Å². The van der Waals surface area contributed by atoms with E-state index in [2.05, 4.69) is 48.3 Å². The van der Waals surface area contributed by atoms with Gasteiger partial charge in [-0.1, -0.05) is 78.0 Å². The number of nitrogens with zero attached hydrogens (tertiary/aromatic N) is 4. The maximum absolute atomic E-state index is 12.7. The van der Waals surface area contributed by atoms with Gasteiger partial charge >= 0.3 is 23.5 Å². The Balaban J connectivity index is 1.39. The van der Waals surface area contributed by atoms with Crippen LogP contribution >= 0.6 is 35.2 Å². The van der Waals surface area contributed by atoms with Gasteiger partial charge in [0.25, 0.3) is 0 Å². The van der Waals surface area contributed by atoms with Crippen molar-refractivity contribution in [1.29, 1.82) is 0 Å². The number of ether oxygens (including phenoxy) is 1. The summed E-state index contributed by atoms with van der Waals surface area (Å²) in [5.41, 5.74) is 4.28. The van der Waals surface area contributed by atoms with Crippen LogP contribution in [0.3, 0.4) is 0 Å². The number of nitrogens with one attached hydrogen (secondary N) is 2. The normalized spacial score (nSPS) is 21.4. The third kappa shape index (κ3) is 17.9. The lowest BCUT2D eigenvalue weighted by molar-refractivity contribution is -0.137. The van der Waals surface area contributed by atoms with Crippen molar-refractivity contribution in [3.05, 3.63) is 12.7 Å². The molecular weight excluding hydrogens is 891 g/mol. The number of aliphatic hydroxyl groups is 2. The van der Waals surface area contributed by atoms with E-state index in [0.717, 1.165) is 54.2 Å². The Kier molecular flexibility index (Phi) is 20.8. The van der Waals surface area contributed by atoms with Gasteiger partial charge in [-0.25, -0.2) is 28.6 Å². The van der Waals surface area contributed by atoms with Crippen molar-refractivity contribution in [3.63, 3.8) is 0 Å². The van der Waals surface area contributed by atoms with Gasteiger partial charge in [0.05, 0.1) is 19.5 Å². The number of thioether (sulfide) groups is 1. The molecule has 3 rings (SSSR count). The number of fused-ring (bicyclic) bond motifs is 1. The van der Waals surface area contributed by atoms with E-state index in [4.69, 9.17) is 19.5 Å². The first-order chi connectivity index (χ1) is 28.4. The molecule has 10 N–H and O–H groups in total. The summed E-state index contributed by atoms with van der Waals surface area (Å²) in [5, 5.41) is 26.6. The molecule has 8 unspecified atom stereocenters. The molecule has 0 radical (unpaired) electrons. The molecule has 2 amide bonds. The maximum atomic E-state index is 12.7. The van der Waals surface area contributed by atoms with Gasteiger partial charge in [0.1, 0.15) is 36.3 Å². The number of imidazole rings is 1. The number of hydrogen-bond donors (Lipinski definition) is 9. The molecule has 2 aromatic rings. The second-order valence-corrected chi connectivity index (χ2v) is 20.5. The standard InChI is InChI=1S/C33H58N7O17P3S/c1-5-10-21(2)11-8-6-7-9-12-24(42)61-16-15-35-23(41)13-14-36-31(45)28(44)33(3,4)18-54-60(51,52)57-59(49,50)53-17-22-27(56-58(46,47)48)26(43)32(55-22)40-20-39-25-29(34)37-19-38-30(25)40/h19-22,26-28,32,43-44H,5-18H2,1-4H3,(H,35,41)(H,36,45)(H,49,50)(H,51,52)(H2,34,37,38)(H2,46,47,48). The fourth-order valence-corrected chi connectivity index (χ4v) is 9.67. The molecule has 0 saturated carbocycles. The molecule has 61 heavy (non-hydrogen) atoms. The lowest BCUT2D eigenvalue weighted by Crippen LogP contribution is -2.46. The highest BCUT2D eigenvalue weighted by atomic mass is 32.2. The molecule has 1 saturated heterocycles. The highest BCUT2D eigenvalue weighted by Crippen LogP contribution is 2.61. The number of carbonyl (C=O) groups excluding carboxylic acids is 3. The van der Waals surface area contributed by atoms with Crippen LogP contribution in [-0.2, 0) is 50.7 Å². The first-order valence-corrected chi connectivity index (χ1v) is 25.0. The van der Waals surface area contributed by atoms with E-state index < -0.39 is 84.6 Å². The summed E-state index contributed by atoms with van der Waals surface area (Å²) < 4.78 is 62.3. The Morgan fingerprint density at radius 1 is 0.984 bits per heavy atom. The van der Waals surface area contributed by atoms with Crippen molar-refractivity contribution in [1.82, 2.24) is 30.2 Å². The van der Waals surface area contributed by atoms with Crippen LogP contribution in [0.1, 0.15) is 91.7 Å². The second kappa shape index (κ2) is 24.0. The van der Waals surface area contributed by atoms with Crippen LogP contribution in [0.15, 0.2) is 12.7 Å². The predicted molar refractivity (Wildman–Crippen MR) is 219 cm³/mol. The van der Waals surface area contributed by atoms with Gasteiger partial charge < -0.3 is 50.9 Å². The van der Waals surface area contributed by atoms with Crippen LogP contribution in [0.5, 0.6) is 0 Å². The highest BCUT2D eigenvalue weighted by Gasteiger charge is 2.50. The van der Waals surface area contributed by atoms with E-state index in [0.29, 0.717) is 12.2 Å². The van der Waals surface area contributed by atoms with Crippen LogP contribution in [-0.4, -0.2) is 123 Å². The maximum Gasteiger partial charge on any atom is 0.481 e. The van der Waals surface area contributed by atoms with Gasteiger partial charge in [0.2, 0.25) is 11.8 Å². The summed E-state index contributed by atoms with van der Waals surface area (Å²) in [4.78, 5) is 88.0. The summed E-state index contributed by atoms with van der Waals surface area (Å²) in [6.45, 7) is 5.02. The number of phosphoric acid groups is 3. The molecule has 1 aliphatic heterocycles. The largest absolute Gasteiger partial charge is 0.481 e. The molecule has 348 valence electrons. The van der Waals surface area contributed by atoms with Crippen LogP contribution in [0.2, 0.25) is 0 Å². The minimum atomic E-state index is -5.57. The van der Waals surface area contributed by atoms with Crippen LogP contribution in [0.25, 0.3) is 11.2 Å². The van der Waals surface area contributed by atoms with Crippen molar-refractivity contribution < 1.29 is 80.5 Å². The number of aromatic nitrogens is 4. The Bertz CT molecular complexity index is 1910. The average molecular weight is 950 g/mol. The van der Waals surface area contributed by atoms with Crippen LogP contribution < -0.4 is 16.4 Å². The van der Waals surface area contributed by atoms with Crippen LogP contribution in [0.4, 0.5) is 5.82 Å². The fourth-order valence-electron chi connectivity index (χ4n) is 6.12. The molecule has 3 heterocycles.